The van der Waals surface area contributed by atoms with Gasteiger partial charge in [-0.25, -0.2) is 8.42 Å². The largest absolute Gasteiger partial charge is 0.491 e. The first kappa shape index (κ1) is 20.8. The summed E-state index contributed by atoms with van der Waals surface area (Å²) >= 11 is 0. The van der Waals surface area contributed by atoms with Crippen molar-refractivity contribution >= 4 is 21.6 Å². The van der Waals surface area contributed by atoms with Gasteiger partial charge in [0.15, 0.2) is 0 Å². The third-order valence-electron chi connectivity index (χ3n) is 3.86. The van der Waals surface area contributed by atoms with Crippen LogP contribution in [0.5, 0.6) is 5.75 Å². The summed E-state index contributed by atoms with van der Waals surface area (Å²) < 4.78 is 31.2. The summed E-state index contributed by atoms with van der Waals surface area (Å²) in [6, 6.07) is 16.2. The van der Waals surface area contributed by atoms with Crippen LogP contribution in [0.2, 0.25) is 0 Å². The minimum atomic E-state index is -3.61. The molecule has 2 aromatic carbocycles. The summed E-state index contributed by atoms with van der Waals surface area (Å²) in [5, 5.41) is 0. The van der Waals surface area contributed by atoms with Crippen molar-refractivity contribution in [1.82, 2.24) is 4.90 Å². The predicted octanol–water partition coefficient (Wildman–Crippen LogP) is 2.90. The van der Waals surface area contributed by atoms with Gasteiger partial charge in [0.2, 0.25) is 15.9 Å². The number of benzene rings is 2. The molecule has 0 unspecified atom stereocenters. The van der Waals surface area contributed by atoms with Crippen LogP contribution in [0, 0.1) is 0 Å². The van der Waals surface area contributed by atoms with Gasteiger partial charge in [-0.1, -0.05) is 30.3 Å². The number of anilines is 1. The van der Waals surface area contributed by atoms with Crippen molar-refractivity contribution in [2.75, 3.05) is 24.2 Å². The zero-order valence-electron chi connectivity index (χ0n) is 16.1. The molecule has 0 aliphatic rings. The molecule has 27 heavy (non-hydrogen) atoms. The fourth-order valence-electron chi connectivity index (χ4n) is 2.55. The van der Waals surface area contributed by atoms with Crippen LogP contribution < -0.4 is 9.04 Å². The van der Waals surface area contributed by atoms with Crippen molar-refractivity contribution in [3.05, 3.63) is 60.2 Å². The molecule has 0 heterocycles. The molecule has 2 aromatic rings. The van der Waals surface area contributed by atoms with Gasteiger partial charge in [-0.3, -0.25) is 9.10 Å². The smallest absolute Gasteiger partial charge is 0.243 e. The van der Waals surface area contributed by atoms with E-state index in [2.05, 4.69) is 0 Å². The summed E-state index contributed by atoms with van der Waals surface area (Å²) in [6.45, 7) is 3.99. The number of sulfonamides is 1. The van der Waals surface area contributed by atoms with Gasteiger partial charge in [0.05, 0.1) is 18.0 Å². The highest BCUT2D eigenvalue weighted by Gasteiger charge is 2.23. The van der Waals surface area contributed by atoms with Crippen LogP contribution in [0.1, 0.15) is 19.4 Å². The first-order chi connectivity index (χ1) is 12.7. The van der Waals surface area contributed by atoms with E-state index in [0.29, 0.717) is 18.0 Å². The number of ether oxygens (including phenoxy) is 1. The average molecular weight is 391 g/mol. The van der Waals surface area contributed by atoms with E-state index < -0.39 is 10.0 Å². The topological polar surface area (TPSA) is 66.9 Å². The first-order valence-electron chi connectivity index (χ1n) is 8.69. The highest BCUT2D eigenvalue weighted by molar-refractivity contribution is 7.92. The molecular weight excluding hydrogens is 364 g/mol. The van der Waals surface area contributed by atoms with Gasteiger partial charge in [0, 0.05) is 13.6 Å². The van der Waals surface area contributed by atoms with Gasteiger partial charge >= 0.3 is 0 Å². The molecule has 0 fully saturated rings. The van der Waals surface area contributed by atoms with Crippen LogP contribution in [0.4, 0.5) is 5.69 Å². The fourth-order valence-corrected chi connectivity index (χ4v) is 3.40. The van der Waals surface area contributed by atoms with Crippen molar-refractivity contribution in [2.45, 2.75) is 26.5 Å². The molecule has 0 aliphatic carbocycles. The Morgan fingerprint density at radius 3 is 2.15 bits per heavy atom. The van der Waals surface area contributed by atoms with Gasteiger partial charge in [-0.2, -0.15) is 0 Å². The lowest BCUT2D eigenvalue weighted by Crippen LogP contribution is -2.41. The summed E-state index contributed by atoms with van der Waals surface area (Å²) in [4.78, 5) is 14.1. The minimum Gasteiger partial charge on any atom is -0.491 e. The van der Waals surface area contributed by atoms with Crippen molar-refractivity contribution in [3.63, 3.8) is 0 Å². The van der Waals surface area contributed by atoms with Gasteiger partial charge in [0.25, 0.3) is 0 Å². The average Bonchev–Trinajstić information content (AvgIpc) is 2.59. The summed E-state index contributed by atoms with van der Waals surface area (Å²) in [7, 11) is -1.95. The Labute approximate surface area is 161 Å². The van der Waals surface area contributed by atoms with Crippen LogP contribution in [-0.2, 0) is 21.4 Å². The van der Waals surface area contributed by atoms with Crippen LogP contribution in [0.3, 0.4) is 0 Å². The van der Waals surface area contributed by atoms with Crippen LogP contribution in [0.25, 0.3) is 0 Å². The SMILES string of the molecule is CC(C)Oc1ccc(N(CC(=O)N(C)Cc2ccccc2)S(C)(=O)=O)cc1. The maximum Gasteiger partial charge on any atom is 0.243 e. The Kier molecular flexibility index (Phi) is 6.85. The van der Waals surface area contributed by atoms with E-state index in [1.165, 1.54) is 4.90 Å². The third kappa shape index (κ3) is 6.29. The van der Waals surface area contributed by atoms with Gasteiger partial charge in [0.1, 0.15) is 12.3 Å². The highest BCUT2D eigenvalue weighted by atomic mass is 32.2. The molecule has 6 nitrogen and oxygen atoms in total. The Bertz CT molecular complexity index is 849. The summed E-state index contributed by atoms with van der Waals surface area (Å²) in [5.74, 6) is 0.363. The van der Waals surface area contributed by atoms with Crippen molar-refractivity contribution < 1.29 is 17.9 Å². The second-order valence-corrected chi connectivity index (χ2v) is 8.57. The standard InChI is InChI=1S/C20H26N2O4S/c1-16(2)26-19-12-10-18(11-13-19)22(27(4,24)25)15-20(23)21(3)14-17-8-6-5-7-9-17/h5-13,16H,14-15H2,1-4H3. The second kappa shape index (κ2) is 8.90. The Morgan fingerprint density at radius 2 is 1.63 bits per heavy atom. The lowest BCUT2D eigenvalue weighted by molar-refractivity contribution is -0.128. The molecule has 0 spiro atoms. The molecule has 2 rings (SSSR count). The van der Waals surface area contributed by atoms with E-state index in [-0.39, 0.29) is 18.6 Å². The van der Waals surface area contributed by atoms with Crippen molar-refractivity contribution in [1.29, 1.82) is 0 Å². The molecule has 146 valence electrons. The minimum absolute atomic E-state index is 0.0232. The summed E-state index contributed by atoms with van der Waals surface area (Å²) in [5.41, 5.74) is 1.41. The number of amides is 1. The quantitative estimate of drug-likeness (QED) is 0.695. The molecular formula is C20H26N2O4S. The van der Waals surface area contributed by atoms with Crippen molar-refractivity contribution in [2.24, 2.45) is 0 Å². The zero-order valence-corrected chi connectivity index (χ0v) is 16.9. The van der Waals surface area contributed by atoms with E-state index in [0.717, 1.165) is 16.1 Å². The second-order valence-electron chi connectivity index (χ2n) is 6.67. The van der Waals surface area contributed by atoms with Gasteiger partial charge < -0.3 is 9.64 Å². The molecule has 0 N–H and O–H groups in total. The van der Waals surface area contributed by atoms with Gasteiger partial charge in [-0.05, 0) is 43.7 Å². The zero-order chi connectivity index (χ0) is 20.0. The van der Waals surface area contributed by atoms with Crippen LogP contribution >= 0.6 is 0 Å². The number of hydrogen-bond donors (Lipinski definition) is 0. The monoisotopic (exact) mass is 390 g/mol. The number of likely N-dealkylation sites (N-methyl/N-ethyl adjacent to an activating group) is 1. The van der Waals surface area contributed by atoms with Crippen LogP contribution in [0.15, 0.2) is 54.6 Å². The molecule has 0 saturated carbocycles. The predicted molar refractivity (Wildman–Crippen MR) is 107 cm³/mol. The lowest BCUT2D eigenvalue weighted by Gasteiger charge is -2.25. The molecule has 0 atom stereocenters. The first-order valence-corrected chi connectivity index (χ1v) is 10.5. The number of rotatable bonds is 8. The number of hydrogen-bond acceptors (Lipinski definition) is 4. The van der Waals surface area contributed by atoms with E-state index >= 15 is 0 Å². The highest BCUT2D eigenvalue weighted by Crippen LogP contribution is 2.22. The Balaban J connectivity index is 2.13. The molecule has 0 aliphatic heterocycles. The fraction of sp³-hybridized carbons (Fsp3) is 0.350. The molecule has 0 saturated heterocycles. The molecule has 0 bridgehead atoms. The third-order valence-corrected chi connectivity index (χ3v) is 5.00. The molecule has 7 heteroatoms. The van der Waals surface area contributed by atoms with E-state index in [9.17, 15) is 13.2 Å². The van der Waals surface area contributed by atoms with E-state index in [1.54, 1.807) is 31.3 Å². The number of carbonyl (C=O) groups excluding carboxylic acids is 1. The maximum atomic E-state index is 12.6. The molecule has 0 aromatic heterocycles. The normalized spacial score (nSPS) is 11.3. The number of carbonyl (C=O) groups is 1. The van der Waals surface area contributed by atoms with Gasteiger partial charge in [-0.15, -0.1) is 0 Å². The molecule has 1 amide bonds. The van der Waals surface area contributed by atoms with Crippen LogP contribution in [-0.4, -0.2) is 45.2 Å². The maximum absolute atomic E-state index is 12.6. The van der Waals surface area contributed by atoms with Crippen molar-refractivity contribution in [3.8, 4) is 5.75 Å². The summed E-state index contributed by atoms with van der Waals surface area (Å²) in [6.07, 6.45) is 1.12. The van der Waals surface area contributed by atoms with E-state index in [1.807, 2.05) is 44.2 Å². The van der Waals surface area contributed by atoms with E-state index in [4.69, 9.17) is 4.74 Å². The molecule has 0 radical (unpaired) electrons. The number of nitrogens with zero attached hydrogens (tertiary/aromatic N) is 2. The Hall–Kier alpha value is -2.54. The lowest BCUT2D eigenvalue weighted by atomic mass is 10.2. The Morgan fingerprint density at radius 1 is 1.04 bits per heavy atom.